The number of benzene rings is 2. The highest BCUT2D eigenvalue weighted by Gasteiger charge is 2.38. The van der Waals surface area contributed by atoms with Crippen LogP contribution in [0.25, 0.3) is 0 Å². The second-order valence-corrected chi connectivity index (χ2v) is 6.49. The first kappa shape index (κ1) is 15.4. The summed E-state index contributed by atoms with van der Waals surface area (Å²) in [6, 6.07) is 12.2. The Labute approximate surface area is 144 Å². The number of amides is 1. The number of carbonyl (C=O) groups is 1. The molecule has 0 saturated heterocycles. The van der Waals surface area contributed by atoms with Gasteiger partial charge < -0.3 is 11.1 Å². The van der Waals surface area contributed by atoms with Gasteiger partial charge in [0.15, 0.2) is 0 Å². The van der Waals surface area contributed by atoms with E-state index >= 15 is 0 Å². The van der Waals surface area contributed by atoms with E-state index in [1.165, 1.54) is 6.07 Å². The van der Waals surface area contributed by atoms with E-state index < -0.39 is 5.91 Å². The quantitative estimate of drug-likeness (QED) is 0.509. The maximum absolute atomic E-state index is 11.5. The van der Waals surface area contributed by atoms with Gasteiger partial charge in [-0.25, -0.2) is 0 Å². The molecule has 2 aromatic rings. The number of primary amides is 1. The molecule has 6 heteroatoms. The Morgan fingerprint density at radius 2 is 2.08 bits per heavy atom. The number of hydrogen-bond donors (Lipinski definition) is 2. The highest BCUT2D eigenvalue weighted by atomic mass is 16.6. The normalized spacial score (nSPS) is 23.4. The molecule has 1 aliphatic carbocycles. The Balaban J connectivity index is 1.77. The number of nitro groups is 1. The van der Waals surface area contributed by atoms with E-state index in [0.717, 1.165) is 23.2 Å². The van der Waals surface area contributed by atoms with Gasteiger partial charge in [-0.3, -0.25) is 14.9 Å². The van der Waals surface area contributed by atoms with Crippen molar-refractivity contribution in [2.75, 3.05) is 5.32 Å². The SMILES string of the molecule is NC(=O)c1ccc2c(c1)C1C=CCC1C(c1cccc([N+](=O)[O-])c1)N2. The summed E-state index contributed by atoms with van der Waals surface area (Å²) in [5, 5.41) is 14.6. The van der Waals surface area contributed by atoms with Gasteiger partial charge in [0.2, 0.25) is 5.91 Å². The maximum atomic E-state index is 11.5. The lowest BCUT2D eigenvalue weighted by atomic mass is 9.76. The highest BCUT2D eigenvalue weighted by Crippen LogP contribution is 2.50. The lowest BCUT2D eigenvalue weighted by molar-refractivity contribution is -0.384. The van der Waals surface area contributed by atoms with Crippen molar-refractivity contribution in [3.63, 3.8) is 0 Å². The summed E-state index contributed by atoms with van der Waals surface area (Å²) in [6.45, 7) is 0. The molecular formula is C19H17N3O3. The molecule has 0 aromatic heterocycles. The number of nitrogens with one attached hydrogen (secondary N) is 1. The van der Waals surface area contributed by atoms with Crippen LogP contribution in [0.5, 0.6) is 0 Å². The number of nitrogens with two attached hydrogens (primary N) is 1. The van der Waals surface area contributed by atoms with Crippen molar-refractivity contribution in [1.82, 2.24) is 0 Å². The molecular weight excluding hydrogens is 318 g/mol. The Kier molecular flexibility index (Phi) is 3.53. The van der Waals surface area contributed by atoms with Gasteiger partial charge in [0.25, 0.3) is 5.69 Å². The lowest BCUT2D eigenvalue weighted by Gasteiger charge is -2.37. The zero-order valence-electron chi connectivity index (χ0n) is 13.4. The number of hydrogen-bond acceptors (Lipinski definition) is 4. The lowest BCUT2D eigenvalue weighted by Crippen LogP contribution is -2.29. The summed E-state index contributed by atoms with van der Waals surface area (Å²) in [6.07, 6.45) is 5.16. The van der Waals surface area contributed by atoms with Gasteiger partial charge in [-0.05, 0) is 41.7 Å². The molecule has 1 amide bonds. The molecule has 3 unspecified atom stereocenters. The first-order chi connectivity index (χ1) is 12.0. The van der Waals surface area contributed by atoms with Crippen LogP contribution >= 0.6 is 0 Å². The number of nitrogens with zero attached hydrogens (tertiary/aromatic N) is 1. The van der Waals surface area contributed by atoms with Crippen molar-refractivity contribution in [2.45, 2.75) is 18.4 Å². The Morgan fingerprint density at radius 3 is 2.84 bits per heavy atom. The fourth-order valence-corrected chi connectivity index (χ4v) is 3.91. The molecule has 6 nitrogen and oxygen atoms in total. The highest BCUT2D eigenvalue weighted by molar-refractivity contribution is 5.93. The van der Waals surface area contributed by atoms with Crippen molar-refractivity contribution < 1.29 is 9.72 Å². The molecule has 0 saturated carbocycles. The molecule has 126 valence electrons. The van der Waals surface area contributed by atoms with Crippen LogP contribution in [-0.4, -0.2) is 10.8 Å². The van der Waals surface area contributed by atoms with Gasteiger partial charge in [0, 0.05) is 29.3 Å². The van der Waals surface area contributed by atoms with Crippen LogP contribution in [0, 0.1) is 16.0 Å². The smallest absolute Gasteiger partial charge is 0.269 e. The average molecular weight is 335 g/mol. The molecule has 3 N–H and O–H groups in total. The second kappa shape index (κ2) is 5.73. The molecule has 1 aliphatic heterocycles. The Morgan fingerprint density at radius 1 is 1.24 bits per heavy atom. The minimum atomic E-state index is -0.442. The van der Waals surface area contributed by atoms with Crippen LogP contribution in [0.4, 0.5) is 11.4 Å². The zero-order valence-corrected chi connectivity index (χ0v) is 13.4. The van der Waals surface area contributed by atoms with Crippen LogP contribution in [-0.2, 0) is 0 Å². The van der Waals surface area contributed by atoms with Crippen molar-refractivity contribution in [3.8, 4) is 0 Å². The minimum Gasteiger partial charge on any atom is -0.378 e. The molecule has 0 fully saturated rings. The first-order valence-electron chi connectivity index (χ1n) is 8.16. The molecule has 0 radical (unpaired) electrons. The summed E-state index contributed by atoms with van der Waals surface area (Å²) in [5.74, 6) is -0.0282. The number of non-ortho nitro benzene ring substituents is 1. The number of anilines is 1. The zero-order chi connectivity index (χ0) is 17.6. The maximum Gasteiger partial charge on any atom is 0.269 e. The standard InChI is InChI=1S/C19H17N3O3/c20-19(23)12-7-8-17-16(10-12)14-5-2-6-15(14)18(21-17)11-3-1-4-13(9-11)22(24)25/h1-5,7-10,14-15,18,21H,6H2,(H2,20,23). The van der Waals surface area contributed by atoms with E-state index in [1.807, 2.05) is 18.2 Å². The van der Waals surface area contributed by atoms with E-state index in [1.54, 1.807) is 18.2 Å². The number of fused-ring (bicyclic) bond motifs is 3. The van der Waals surface area contributed by atoms with Crippen LogP contribution in [0.3, 0.4) is 0 Å². The fourth-order valence-electron chi connectivity index (χ4n) is 3.91. The van der Waals surface area contributed by atoms with E-state index in [4.69, 9.17) is 5.73 Å². The number of carbonyl (C=O) groups excluding carboxylic acids is 1. The number of allylic oxidation sites excluding steroid dienone is 2. The van der Waals surface area contributed by atoms with Gasteiger partial charge in [0.1, 0.15) is 0 Å². The summed E-state index contributed by atoms with van der Waals surface area (Å²) >= 11 is 0. The van der Waals surface area contributed by atoms with Gasteiger partial charge in [-0.2, -0.15) is 0 Å². The third-order valence-electron chi connectivity index (χ3n) is 5.09. The van der Waals surface area contributed by atoms with Gasteiger partial charge >= 0.3 is 0 Å². The van der Waals surface area contributed by atoms with Crippen molar-refractivity contribution in [2.24, 2.45) is 11.7 Å². The van der Waals surface area contributed by atoms with Crippen LogP contribution < -0.4 is 11.1 Å². The molecule has 2 aromatic carbocycles. The molecule has 2 aliphatic rings. The summed E-state index contributed by atoms with van der Waals surface area (Å²) < 4.78 is 0. The fraction of sp³-hybridized carbons (Fsp3) is 0.211. The summed E-state index contributed by atoms with van der Waals surface area (Å²) in [7, 11) is 0. The largest absolute Gasteiger partial charge is 0.378 e. The Hall–Kier alpha value is -3.15. The molecule has 25 heavy (non-hydrogen) atoms. The van der Waals surface area contributed by atoms with E-state index in [2.05, 4.69) is 17.5 Å². The summed E-state index contributed by atoms with van der Waals surface area (Å²) in [5.41, 5.74) is 8.89. The van der Waals surface area contributed by atoms with Crippen LogP contribution in [0.1, 0.15) is 39.9 Å². The monoisotopic (exact) mass is 335 g/mol. The van der Waals surface area contributed by atoms with Gasteiger partial charge in [-0.15, -0.1) is 0 Å². The molecule has 0 bridgehead atoms. The van der Waals surface area contributed by atoms with Gasteiger partial charge in [-0.1, -0.05) is 24.3 Å². The first-order valence-corrected chi connectivity index (χ1v) is 8.16. The van der Waals surface area contributed by atoms with Crippen LogP contribution in [0.15, 0.2) is 54.6 Å². The molecule has 4 rings (SSSR count). The van der Waals surface area contributed by atoms with Crippen molar-refractivity contribution >= 4 is 17.3 Å². The average Bonchev–Trinajstić information content (AvgIpc) is 3.10. The number of nitro benzene ring substituents is 1. The topological polar surface area (TPSA) is 98.3 Å². The Bertz CT molecular complexity index is 907. The predicted octanol–water partition coefficient (Wildman–Crippen LogP) is 3.52. The third-order valence-corrected chi connectivity index (χ3v) is 5.09. The third kappa shape index (κ3) is 2.55. The minimum absolute atomic E-state index is 0.0215. The van der Waals surface area contributed by atoms with E-state index in [0.29, 0.717) is 5.56 Å². The van der Waals surface area contributed by atoms with Gasteiger partial charge in [0.05, 0.1) is 11.0 Å². The van der Waals surface area contributed by atoms with Crippen molar-refractivity contribution in [3.05, 3.63) is 81.4 Å². The molecule has 1 heterocycles. The van der Waals surface area contributed by atoms with Crippen molar-refractivity contribution in [1.29, 1.82) is 0 Å². The second-order valence-electron chi connectivity index (χ2n) is 6.49. The molecule has 3 atom stereocenters. The number of rotatable bonds is 3. The van der Waals surface area contributed by atoms with E-state index in [9.17, 15) is 14.9 Å². The molecule has 0 spiro atoms. The summed E-state index contributed by atoms with van der Waals surface area (Å²) in [4.78, 5) is 22.2. The van der Waals surface area contributed by atoms with Crippen LogP contribution in [0.2, 0.25) is 0 Å². The van der Waals surface area contributed by atoms with E-state index in [-0.39, 0.29) is 28.5 Å². The predicted molar refractivity (Wildman–Crippen MR) is 94.4 cm³/mol.